The molecule has 0 bridgehead atoms. The smallest absolute Gasteiger partial charge is 0.0194 e. The Labute approximate surface area is 120 Å². The Morgan fingerprint density at radius 3 is 2.32 bits per heavy atom. The van der Waals surface area contributed by atoms with Gasteiger partial charge in [-0.15, -0.1) is 0 Å². The maximum Gasteiger partial charge on any atom is 0.0194 e. The van der Waals surface area contributed by atoms with Crippen LogP contribution in [0.1, 0.15) is 47.0 Å². The number of nitrogens with zero attached hydrogens (tertiary/aromatic N) is 2. The van der Waals surface area contributed by atoms with E-state index in [1.54, 1.807) is 0 Å². The molecule has 0 heterocycles. The second-order valence-corrected chi connectivity index (χ2v) is 6.99. The number of rotatable bonds is 10. The van der Waals surface area contributed by atoms with Crippen LogP contribution in [0.4, 0.5) is 0 Å². The van der Waals surface area contributed by atoms with Crippen molar-refractivity contribution in [3.63, 3.8) is 0 Å². The van der Waals surface area contributed by atoms with Gasteiger partial charge in [0.2, 0.25) is 0 Å². The topological polar surface area (TPSA) is 18.5 Å². The van der Waals surface area contributed by atoms with E-state index >= 15 is 0 Å². The highest BCUT2D eigenvalue weighted by atomic mass is 15.2. The normalized spacial score (nSPS) is 20.8. The van der Waals surface area contributed by atoms with E-state index < -0.39 is 0 Å². The molecule has 1 aliphatic carbocycles. The van der Waals surface area contributed by atoms with Crippen LogP contribution in [-0.4, -0.2) is 62.2 Å². The lowest BCUT2D eigenvalue weighted by atomic mass is 9.86. The van der Waals surface area contributed by atoms with Crippen LogP contribution in [-0.2, 0) is 0 Å². The summed E-state index contributed by atoms with van der Waals surface area (Å²) in [6.45, 7) is 14.1. The summed E-state index contributed by atoms with van der Waals surface area (Å²) in [5.74, 6) is 0. The zero-order chi connectivity index (χ0) is 14.5. The van der Waals surface area contributed by atoms with Crippen LogP contribution in [0.5, 0.6) is 0 Å². The fraction of sp³-hybridized carbons (Fsp3) is 1.00. The van der Waals surface area contributed by atoms with Crippen molar-refractivity contribution in [1.82, 2.24) is 15.1 Å². The number of hydrogen-bond acceptors (Lipinski definition) is 3. The highest BCUT2D eigenvalue weighted by Crippen LogP contribution is 2.26. The van der Waals surface area contributed by atoms with Crippen molar-refractivity contribution in [2.45, 2.75) is 59.0 Å². The largest absolute Gasteiger partial charge is 0.313 e. The molecule has 0 aromatic carbocycles. The van der Waals surface area contributed by atoms with Gasteiger partial charge in [0.25, 0.3) is 0 Å². The van der Waals surface area contributed by atoms with E-state index in [4.69, 9.17) is 0 Å². The van der Waals surface area contributed by atoms with Gasteiger partial charge in [-0.25, -0.2) is 0 Å². The van der Waals surface area contributed by atoms with Gasteiger partial charge in [-0.2, -0.15) is 0 Å². The van der Waals surface area contributed by atoms with Gasteiger partial charge in [0.1, 0.15) is 0 Å². The van der Waals surface area contributed by atoms with Crippen molar-refractivity contribution in [3.8, 4) is 0 Å². The molecule has 3 nitrogen and oxygen atoms in total. The molecule has 0 aromatic heterocycles. The summed E-state index contributed by atoms with van der Waals surface area (Å²) >= 11 is 0. The summed E-state index contributed by atoms with van der Waals surface area (Å²) in [5.41, 5.74) is 0.402. The molecule has 0 spiro atoms. The van der Waals surface area contributed by atoms with Gasteiger partial charge in [0, 0.05) is 31.7 Å². The van der Waals surface area contributed by atoms with E-state index in [0.29, 0.717) is 11.5 Å². The molecule has 114 valence electrons. The van der Waals surface area contributed by atoms with Gasteiger partial charge in [-0.05, 0) is 52.2 Å². The third-order valence-corrected chi connectivity index (χ3v) is 4.49. The zero-order valence-electron chi connectivity index (χ0n) is 14.0. The first-order chi connectivity index (χ1) is 8.90. The molecule has 1 saturated carbocycles. The minimum atomic E-state index is 0.402. The summed E-state index contributed by atoms with van der Waals surface area (Å²) in [6.07, 6.45) is 4.01. The monoisotopic (exact) mass is 269 g/mol. The second kappa shape index (κ2) is 7.61. The molecule has 1 aliphatic rings. The van der Waals surface area contributed by atoms with Crippen LogP contribution < -0.4 is 5.32 Å². The molecule has 2 atom stereocenters. The van der Waals surface area contributed by atoms with Crippen molar-refractivity contribution < 1.29 is 0 Å². The Hall–Kier alpha value is -0.120. The molecule has 0 aliphatic heterocycles. The van der Waals surface area contributed by atoms with Crippen LogP contribution in [0.2, 0.25) is 0 Å². The van der Waals surface area contributed by atoms with Crippen LogP contribution >= 0.6 is 0 Å². The Bertz CT molecular complexity index is 250. The molecule has 0 saturated heterocycles. The third-order valence-electron chi connectivity index (χ3n) is 4.49. The van der Waals surface area contributed by atoms with Gasteiger partial charge in [-0.3, -0.25) is 4.90 Å². The number of likely N-dealkylation sites (N-methyl/N-ethyl adjacent to an activating group) is 2. The average Bonchev–Trinajstić information content (AvgIpc) is 3.16. The molecule has 2 unspecified atom stereocenters. The van der Waals surface area contributed by atoms with Crippen molar-refractivity contribution in [2.75, 3.05) is 40.3 Å². The van der Waals surface area contributed by atoms with E-state index in [0.717, 1.165) is 19.1 Å². The van der Waals surface area contributed by atoms with E-state index in [1.165, 1.54) is 32.4 Å². The van der Waals surface area contributed by atoms with Crippen LogP contribution in [0.3, 0.4) is 0 Å². The van der Waals surface area contributed by atoms with Crippen molar-refractivity contribution in [2.24, 2.45) is 5.41 Å². The molecular formula is C16H35N3. The van der Waals surface area contributed by atoms with Crippen molar-refractivity contribution in [3.05, 3.63) is 0 Å². The standard InChI is InChI=1S/C16H35N3/c1-7-16(4,12-17-15-9-10-15)13-19(8-2)14(3)11-18(5)6/h14-15,17H,7-13H2,1-6H3. The lowest BCUT2D eigenvalue weighted by Gasteiger charge is -2.38. The van der Waals surface area contributed by atoms with Crippen LogP contribution in [0.25, 0.3) is 0 Å². The molecule has 1 rings (SSSR count). The first-order valence-electron chi connectivity index (χ1n) is 8.02. The summed E-state index contributed by atoms with van der Waals surface area (Å²) in [6, 6.07) is 1.45. The molecule has 0 amide bonds. The quantitative estimate of drug-likeness (QED) is 0.657. The summed E-state index contributed by atoms with van der Waals surface area (Å²) in [5, 5.41) is 3.72. The predicted molar refractivity (Wildman–Crippen MR) is 84.7 cm³/mol. The fourth-order valence-corrected chi connectivity index (χ4v) is 2.68. The molecule has 19 heavy (non-hydrogen) atoms. The van der Waals surface area contributed by atoms with Crippen LogP contribution in [0.15, 0.2) is 0 Å². The first-order valence-corrected chi connectivity index (χ1v) is 8.02. The maximum atomic E-state index is 3.72. The SMILES string of the molecule is CCN(CC(C)(CC)CNC1CC1)C(C)CN(C)C. The lowest BCUT2D eigenvalue weighted by molar-refractivity contribution is 0.110. The second-order valence-electron chi connectivity index (χ2n) is 6.99. The zero-order valence-corrected chi connectivity index (χ0v) is 14.0. The van der Waals surface area contributed by atoms with Gasteiger partial charge < -0.3 is 10.2 Å². The van der Waals surface area contributed by atoms with E-state index in [2.05, 4.69) is 56.9 Å². The van der Waals surface area contributed by atoms with Gasteiger partial charge in [0.15, 0.2) is 0 Å². The first kappa shape index (κ1) is 16.9. The molecule has 1 N–H and O–H groups in total. The van der Waals surface area contributed by atoms with E-state index in [-0.39, 0.29) is 0 Å². The van der Waals surface area contributed by atoms with Gasteiger partial charge >= 0.3 is 0 Å². The average molecular weight is 269 g/mol. The summed E-state index contributed by atoms with van der Waals surface area (Å²) in [4.78, 5) is 4.93. The highest BCUT2D eigenvalue weighted by molar-refractivity contribution is 4.87. The summed E-state index contributed by atoms with van der Waals surface area (Å²) < 4.78 is 0. The molecule has 0 radical (unpaired) electrons. The Balaban J connectivity index is 2.48. The van der Waals surface area contributed by atoms with Crippen molar-refractivity contribution in [1.29, 1.82) is 0 Å². The minimum absolute atomic E-state index is 0.402. The third kappa shape index (κ3) is 6.24. The lowest BCUT2D eigenvalue weighted by Crippen LogP contribution is -2.48. The molecule has 1 fully saturated rings. The molecular weight excluding hydrogens is 234 g/mol. The van der Waals surface area contributed by atoms with Gasteiger partial charge in [-0.1, -0.05) is 20.8 Å². The van der Waals surface area contributed by atoms with E-state index in [1.807, 2.05) is 0 Å². The molecule has 3 heteroatoms. The fourth-order valence-electron chi connectivity index (χ4n) is 2.68. The maximum absolute atomic E-state index is 3.72. The Morgan fingerprint density at radius 2 is 1.89 bits per heavy atom. The van der Waals surface area contributed by atoms with Crippen molar-refractivity contribution >= 4 is 0 Å². The minimum Gasteiger partial charge on any atom is -0.313 e. The summed E-state index contributed by atoms with van der Waals surface area (Å²) in [7, 11) is 4.33. The van der Waals surface area contributed by atoms with E-state index in [9.17, 15) is 0 Å². The Kier molecular flexibility index (Phi) is 6.78. The van der Waals surface area contributed by atoms with Crippen LogP contribution in [0, 0.1) is 5.41 Å². The molecule has 0 aromatic rings. The Morgan fingerprint density at radius 1 is 1.26 bits per heavy atom. The van der Waals surface area contributed by atoms with Gasteiger partial charge in [0.05, 0.1) is 0 Å². The highest BCUT2D eigenvalue weighted by Gasteiger charge is 2.30. The predicted octanol–water partition coefficient (Wildman–Crippen LogP) is 2.43. The number of hydrogen-bond donors (Lipinski definition) is 1. The number of nitrogens with one attached hydrogen (secondary N) is 1.